The van der Waals surface area contributed by atoms with E-state index >= 15 is 0 Å². The first kappa shape index (κ1) is 15.5. The van der Waals surface area contributed by atoms with Gasteiger partial charge in [0.25, 0.3) is 0 Å². The molecule has 0 saturated carbocycles. The summed E-state index contributed by atoms with van der Waals surface area (Å²) in [5.74, 6) is -1.61. The van der Waals surface area contributed by atoms with Crippen LogP contribution in [0.4, 0.5) is 11.4 Å². The molecule has 0 radical (unpaired) electrons. The van der Waals surface area contributed by atoms with Crippen LogP contribution in [0.5, 0.6) is 0 Å². The minimum absolute atomic E-state index is 0.382. The molecule has 110 valence electrons. The monoisotopic (exact) mass is 313 g/mol. The van der Waals surface area contributed by atoms with Crippen LogP contribution in [0.1, 0.15) is 11.1 Å². The quantitative estimate of drug-likeness (QED) is 0.836. The van der Waals surface area contributed by atoms with Gasteiger partial charge in [0.15, 0.2) is 0 Å². The van der Waals surface area contributed by atoms with E-state index in [0.717, 1.165) is 5.56 Å². The van der Waals surface area contributed by atoms with E-state index in [9.17, 15) is 9.59 Å². The molecule has 0 heterocycles. The van der Waals surface area contributed by atoms with E-state index in [-0.39, 0.29) is 0 Å². The van der Waals surface area contributed by atoms with Crippen molar-refractivity contribution in [2.75, 3.05) is 10.6 Å². The highest BCUT2D eigenvalue weighted by atomic mass is 35.5. The molecule has 2 aromatic rings. The fourth-order valence-corrected chi connectivity index (χ4v) is 2.03. The molecular formula is C16H12ClN3O2. The van der Waals surface area contributed by atoms with Crippen LogP contribution in [-0.4, -0.2) is 11.8 Å². The number of nitrogens with zero attached hydrogens (tertiary/aromatic N) is 1. The molecule has 0 unspecified atom stereocenters. The summed E-state index contributed by atoms with van der Waals surface area (Å²) in [6.45, 7) is 1.77. The zero-order valence-electron chi connectivity index (χ0n) is 11.7. The van der Waals surface area contributed by atoms with Crippen molar-refractivity contribution < 1.29 is 9.59 Å². The predicted octanol–water partition coefficient (Wildman–Crippen LogP) is 3.10. The smallest absolute Gasteiger partial charge is 0.314 e. The lowest BCUT2D eigenvalue weighted by molar-refractivity contribution is -0.133. The van der Waals surface area contributed by atoms with E-state index in [4.69, 9.17) is 16.9 Å². The van der Waals surface area contributed by atoms with E-state index in [1.165, 1.54) is 6.07 Å². The number of hydrogen-bond donors (Lipinski definition) is 2. The van der Waals surface area contributed by atoms with Gasteiger partial charge in [-0.2, -0.15) is 5.26 Å². The number of nitrogens with one attached hydrogen (secondary N) is 2. The van der Waals surface area contributed by atoms with E-state index in [2.05, 4.69) is 10.6 Å². The Morgan fingerprint density at radius 1 is 1.09 bits per heavy atom. The molecule has 0 aliphatic rings. The van der Waals surface area contributed by atoms with Crippen LogP contribution in [0.2, 0.25) is 5.02 Å². The van der Waals surface area contributed by atoms with E-state index in [1.54, 1.807) is 43.3 Å². The highest BCUT2D eigenvalue weighted by Gasteiger charge is 2.15. The molecular weight excluding hydrogens is 302 g/mol. The number of hydrogen-bond acceptors (Lipinski definition) is 3. The minimum atomic E-state index is -0.815. The number of halogens is 1. The molecule has 0 aromatic heterocycles. The van der Waals surface area contributed by atoms with Crippen molar-refractivity contribution in [2.45, 2.75) is 6.92 Å². The van der Waals surface area contributed by atoms with Gasteiger partial charge in [0.2, 0.25) is 0 Å². The Kier molecular flexibility index (Phi) is 4.77. The average molecular weight is 314 g/mol. The molecule has 2 amide bonds. The Bertz CT molecular complexity index is 781. The molecule has 5 nitrogen and oxygen atoms in total. The number of carbonyl (C=O) groups excluding carboxylic acids is 2. The van der Waals surface area contributed by atoms with Crippen molar-refractivity contribution in [1.82, 2.24) is 0 Å². The van der Waals surface area contributed by atoms with Crippen molar-refractivity contribution in [1.29, 1.82) is 5.26 Å². The fourth-order valence-electron chi connectivity index (χ4n) is 1.80. The summed E-state index contributed by atoms with van der Waals surface area (Å²) in [6.07, 6.45) is 0. The summed E-state index contributed by atoms with van der Waals surface area (Å²) in [4.78, 5) is 23.7. The molecule has 2 N–H and O–H groups in total. The highest BCUT2D eigenvalue weighted by molar-refractivity contribution is 6.43. The molecule has 0 aliphatic carbocycles. The van der Waals surface area contributed by atoms with Crippen molar-refractivity contribution in [2.24, 2.45) is 0 Å². The number of nitriles is 1. The molecule has 0 saturated heterocycles. The number of rotatable bonds is 2. The second-order valence-corrected chi connectivity index (χ2v) is 5.00. The standard InChI is InChI=1S/C16H12ClN3O2/c1-10-7-12(17)5-6-14(10)20-16(22)15(21)19-13-4-2-3-11(8-13)9-18/h2-8H,1H3,(H,19,21)(H,20,22). The molecule has 6 heteroatoms. The first-order chi connectivity index (χ1) is 10.5. The van der Waals surface area contributed by atoms with Crippen LogP contribution in [0, 0.1) is 18.3 Å². The maximum atomic E-state index is 11.9. The summed E-state index contributed by atoms with van der Waals surface area (Å²) in [6, 6.07) is 13.2. The van der Waals surface area contributed by atoms with Gasteiger partial charge >= 0.3 is 11.8 Å². The van der Waals surface area contributed by atoms with E-state index in [1.807, 2.05) is 6.07 Å². The lowest BCUT2D eigenvalue weighted by atomic mass is 10.2. The summed E-state index contributed by atoms with van der Waals surface area (Å²) in [5.41, 5.74) is 2.04. The summed E-state index contributed by atoms with van der Waals surface area (Å²) in [5, 5.41) is 14.3. The maximum Gasteiger partial charge on any atom is 0.314 e. The molecule has 2 aromatic carbocycles. The van der Waals surface area contributed by atoms with Gasteiger partial charge in [-0.05, 0) is 48.9 Å². The van der Waals surface area contributed by atoms with Crippen molar-refractivity contribution in [3.05, 3.63) is 58.6 Å². The predicted molar refractivity (Wildman–Crippen MR) is 84.6 cm³/mol. The lowest BCUT2D eigenvalue weighted by Gasteiger charge is -2.09. The van der Waals surface area contributed by atoms with E-state index < -0.39 is 11.8 Å². The fraction of sp³-hybridized carbons (Fsp3) is 0.0625. The number of carbonyl (C=O) groups is 2. The Morgan fingerprint density at radius 2 is 1.82 bits per heavy atom. The van der Waals surface area contributed by atoms with Gasteiger partial charge in [0, 0.05) is 16.4 Å². The first-order valence-electron chi connectivity index (χ1n) is 6.38. The number of aryl methyl sites for hydroxylation is 1. The summed E-state index contributed by atoms with van der Waals surface area (Å²) in [7, 11) is 0. The maximum absolute atomic E-state index is 11.9. The largest absolute Gasteiger partial charge is 0.318 e. The zero-order chi connectivity index (χ0) is 16.1. The molecule has 2 rings (SSSR count). The molecule has 0 atom stereocenters. The van der Waals surface area contributed by atoms with Gasteiger partial charge in [0.05, 0.1) is 11.6 Å². The second kappa shape index (κ2) is 6.74. The van der Waals surface area contributed by atoms with Gasteiger partial charge in [0.1, 0.15) is 0 Å². The van der Waals surface area contributed by atoms with Crippen molar-refractivity contribution in [3.8, 4) is 6.07 Å². The van der Waals surface area contributed by atoms with Crippen LogP contribution in [0.3, 0.4) is 0 Å². The third-order valence-electron chi connectivity index (χ3n) is 2.89. The highest BCUT2D eigenvalue weighted by Crippen LogP contribution is 2.19. The Labute approximate surface area is 132 Å². The second-order valence-electron chi connectivity index (χ2n) is 4.56. The van der Waals surface area contributed by atoms with Gasteiger partial charge in [-0.3, -0.25) is 9.59 Å². The first-order valence-corrected chi connectivity index (χ1v) is 6.76. The third kappa shape index (κ3) is 3.84. The Hall–Kier alpha value is -2.84. The topological polar surface area (TPSA) is 82.0 Å². The number of anilines is 2. The van der Waals surface area contributed by atoms with E-state index in [0.29, 0.717) is 22.0 Å². The van der Waals surface area contributed by atoms with Crippen LogP contribution in [-0.2, 0) is 9.59 Å². The van der Waals surface area contributed by atoms with Crippen LogP contribution >= 0.6 is 11.6 Å². The number of amides is 2. The van der Waals surface area contributed by atoms with Crippen LogP contribution < -0.4 is 10.6 Å². The lowest BCUT2D eigenvalue weighted by Crippen LogP contribution is -2.29. The zero-order valence-corrected chi connectivity index (χ0v) is 12.4. The molecule has 0 fully saturated rings. The summed E-state index contributed by atoms with van der Waals surface area (Å²) < 4.78 is 0. The minimum Gasteiger partial charge on any atom is -0.318 e. The van der Waals surface area contributed by atoms with Gasteiger partial charge < -0.3 is 10.6 Å². The van der Waals surface area contributed by atoms with Crippen molar-refractivity contribution in [3.63, 3.8) is 0 Å². The SMILES string of the molecule is Cc1cc(Cl)ccc1NC(=O)C(=O)Nc1cccc(C#N)c1. The van der Waals surface area contributed by atoms with Crippen LogP contribution in [0.25, 0.3) is 0 Å². The molecule has 0 aliphatic heterocycles. The Balaban J connectivity index is 2.06. The molecule has 0 spiro atoms. The van der Waals surface area contributed by atoms with Crippen LogP contribution in [0.15, 0.2) is 42.5 Å². The normalized spacial score (nSPS) is 9.68. The molecule has 22 heavy (non-hydrogen) atoms. The van der Waals surface area contributed by atoms with Crippen molar-refractivity contribution >= 4 is 34.8 Å². The van der Waals surface area contributed by atoms with Gasteiger partial charge in [-0.1, -0.05) is 17.7 Å². The third-order valence-corrected chi connectivity index (χ3v) is 3.13. The van der Waals surface area contributed by atoms with Gasteiger partial charge in [-0.25, -0.2) is 0 Å². The van der Waals surface area contributed by atoms with Gasteiger partial charge in [-0.15, -0.1) is 0 Å². The summed E-state index contributed by atoms with van der Waals surface area (Å²) >= 11 is 5.83. The average Bonchev–Trinajstić information content (AvgIpc) is 2.50. The number of benzene rings is 2. The Morgan fingerprint density at radius 3 is 2.50 bits per heavy atom. The molecule has 0 bridgehead atoms.